The zero-order chi connectivity index (χ0) is 17.5. The van der Waals surface area contributed by atoms with Crippen LogP contribution in [0.4, 0.5) is 0 Å². The minimum absolute atomic E-state index is 0.147. The van der Waals surface area contributed by atoms with Crippen LogP contribution in [-0.2, 0) is 19.1 Å². The summed E-state index contributed by atoms with van der Waals surface area (Å²) in [6, 6.07) is 7.06. The van der Waals surface area contributed by atoms with Crippen LogP contribution in [0.15, 0.2) is 36.9 Å². The number of carbonyl (C=O) groups excluding carboxylic acids is 2. The molecular weight excluding hydrogens is 310 g/mol. The molecule has 0 aliphatic rings. The van der Waals surface area contributed by atoms with E-state index in [1.807, 2.05) is 24.3 Å². The minimum atomic E-state index is -1.03. The topological polar surface area (TPSA) is 83.3 Å². The average molecular weight is 331 g/mol. The molecule has 1 aromatic heterocycles. The highest BCUT2D eigenvalue weighted by atomic mass is 16.6. The second kappa shape index (κ2) is 8.24. The van der Waals surface area contributed by atoms with Crippen molar-refractivity contribution in [3.63, 3.8) is 0 Å². The maximum Gasteiger partial charge on any atom is 0.320 e. The van der Waals surface area contributed by atoms with E-state index in [1.54, 1.807) is 24.6 Å². The highest BCUT2D eigenvalue weighted by Crippen LogP contribution is 2.24. The molecule has 1 aromatic carbocycles. The van der Waals surface area contributed by atoms with E-state index in [9.17, 15) is 9.59 Å². The molecule has 2 aromatic rings. The summed E-state index contributed by atoms with van der Waals surface area (Å²) in [5, 5.41) is 8.21. The molecule has 0 fully saturated rings. The minimum Gasteiger partial charge on any atom is -0.465 e. The first-order valence-electron chi connectivity index (χ1n) is 7.88. The summed E-state index contributed by atoms with van der Waals surface area (Å²) in [7, 11) is 0. The summed E-state index contributed by atoms with van der Waals surface area (Å²) < 4.78 is 11.7. The van der Waals surface area contributed by atoms with Crippen LogP contribution in [0, 0.1) is 5.92 Å². The second-order valence-corrected chi connectivity index (χ2v) is 5.12. The van der Waals surface area contributed by atoms with Gasteiger partial charge >= 0.3 is 11.9 Å². The van der Waals surface area contributed by atoms with Crippen molar-refractivity contribution in [3.8, 4) is 0 Å². The lowest BCUT2D eigenvalue weighted by Crippen LogP contribution is -2.30. The number of fused-ring (bicyclic) bond motifs is 1. The van der Waals surface area contributed by atoms with Crippen LogP contribution in [0.3, 0.4) is 0 Å². The van der Waals surface area contributed by atoms with Gasteiger partial charge in [-0.3, -0.25) is 9.59 Å². The van der Waals surface area contributed by atoms with E-state index in [-0.39, 0.29) is 19.6 Å². The maximum atomic E-state index is 12.1. The Balaban J connectivity index is 2.29. The fourth-order valence-corrected chi connectivity index (χ4v) is 2.44. The van der Waals surface area contributed by atoms with E-state index in [1.165, 1.54) is 0 Å². The number of rotatable bonds is 8. The molecule has 0 radical (unpaired) electrons. The van der Waals surface area contributed by atoms with Crippen LogP contribution in [0.1, 0.15) is 26.3 Å². The summed E-state index contributed by atoms with van der Waals surface area (Å²) in [4.78, 5) is 24.3. The Hall–Kier alpha value is -2.70. The number of carbonyl (C=O) groups is 2. The molecule has 0 aliphatic heterocycles. The average Bonchev–Trinajstić information content (AvgIpc) is 3.00. The smallest absolute Gasteiger partial charge is 0.320 e. The fourth-order valence-electron chi connectivity index (χ4n) is 2.44. The van der Waals surface area contributed by atoms with E-state index < -0.39 is 23.9 Å². The molecule has 1 heterocycles. The molecule has 128 valence electrons. The first-order valence-corrected chi connectivity index (χ1v) is 7.88. The third-order valence-electron chi connectivity index (χ3n) is 3.58. The lowest BCUT2D eigenvalue weighted by atomic mass is 9.99. The van der Waals surface area contributed by atoms with Gasteiger partial charge in [0.15, 0.2) is 5.92 Å². The number of esters is 2. The van der Waals surface area contributed by atoms with Gasteiger partial charge in [0.05, 0.1) is 24.8 Å². The van der Waals surface area contributed by atoms with E-state index in [2.05, 4.69) is 16.9 Å². The number of hydrogen-bond acceptors (Lipinski definition) is 6. The fraction of sp³-hybridized carbons (Fsp3) is 0.412. The Morgan fingerprint density at radius 1 is 1.21 bits per heavy atom. The molecule has 7 nitrogen and oxygen atoms in total. The molecule has 0 saturated carbocycles. The molecular formula is C17H21N3O4. The van der Waals surface area contributed by atoms with Crippen molar-refractivity contribution >= 4 is 23.0 Å². The molecule has 0 spiro atoms. The predicted molar refractivity (Wildman–Crippen MR) is 88.1 cm³/mol. The van der Waals surface area contributed by atoms with E-state index in [0.717, 1.165) is 11.0 Å². The highest BCUT2D eigenvalue weighted by molar-refractivity contribution is 5.95. The summed E-state index contributed by atoms with van der Waals surface area (Å²) in [6.07, 6.45) is 1.78. The second-order valence-electron chi connectivity index (χ2n) is 5.12. The van der Waals surface area contributed by atoms with Gasteiger partial charge in [-0.25, -0.2) is 4.68 Å². The van der Waals surface area contributed by atoms with E-state index in [4.69, 9.17) is 9.47 Å². The Morgan fingerprint density at radius 2 is 1.83 bits per heavy atom. The number of allylic oxidation sites excluding steroid dienone is 1. The Bertz CT molecular complexity index is 707. The van der Waals surface area contributed by atoms with Gasteiger partial charge in [-0.1, -0.05) is 23.4 Å². The van der Waals surface area contributed by atoms with Crippen molar-refractivity contribution in [1.82, 2.24) is 15.0 Å². The van der Waals surface area contributed by atoms with Gasteiger partial charge in [0.25, 0.3) is 0 Å². The third-order valence-corrected chi connectivity index (χ3v) is 3.58. The summed E-state index contributed by atoms with van der Waals surface area (Å²) in [5.74, 6) is -2.24. The Morgan fingerprint density at radius 3 is 2.42 bits per heavy atom. The molecule has 0 saturated heterocycles. The first kappa shape index (κ1) is 17.7. The van der Waals surface area contributed by atoms with Gasteiger partial charge in [-0.05, 0) is 32.4 Å². The number of benzene rings is 1. The van der Waals surface area contributed by atoms with Gasteiger partial charge < -0.3 is 9.47 Å². The van der Waals surface area contributed by atoms with E-state index >= 15 is 0 Å². The SMILES string of the molecule is C=CC(CC(C(=O)OCC)C(=O)OCC)n1nnc2ccccc21. The molecule has 7 heteroatoms. The Kier molecular flexibility index (Phi) is 6.06. The zero-order valence-electron chi connectivity index (χ0n) is 13.8. The predicted octanol–water partition coefficient (Wildman–Crippen LogP) is 2.29. The number of nitrogens with zero attached hydrogens (tertiary/aromatic N) is 3. The third kappa shape index (κ3) is 3.79. The normalized spacial score (nSPS) is 12.1. The van der Waals surface area contributed by atoms with Gasteiger partial charge in [0, 0.05) is 0 Å². The quantitative estimate of drug-likeness (QED) is 0.419. The molecule has 24 heavy (non-hydrogen) atoms. The number of aromatic nitrogens is 3. The Labute approximate surface area is 140 Å². The van der Waals surface area contributed by atoms with Crippen LogP contribution in [0.2, 0.25) is 0 Å². The molecule has 0 N–H and O–H groups in total. The number of ether oxygens (including phenoxy) is 2. The molecule has 2 rings (SSSR count). The molecule has 1 atom stereocenters. The van der Waals surface area contributed by atoms with Crippen LogP contribution in [0.5, 0.6) is 0 Å². The number of para-hydroxylation sites is 1. The van der Waals surface area contributed by atoms with Crippen molar-refractivity contribution < 1.29 is 19.1 Å². The van der Waals surface area contributed by atoms with Crippen LogP contribution < -0.4 is 0 Å². The standard InChI is InChI=1S/C17H21N3O4/c1-4-12(20-15-10-8-7-9-14(15)18-19-20)11-13(16(21)23-5-2)17(22)24-6-3/h4,7-10,12-13H,1,5-6,11H2,2-3H3. The van der Waals surface area contributed by atoms with Crippen LogP contribution in [0.25, 0.3) is 11.0 Å². The molecule has 0 bridgehead atoms. The van der Waals surface area contributed by atoms with Crippen molar-refractivity contribution in [2.75, 3.05) is 13.2 Å². The molecule has 1 unspecified atom stereocenters. The summed E-state index contributed by atoms with van der Waals surface area (Å²) in [5.41, 5.74) is 1.53. The van der Waals surface area contributed by atoms with Crippen molar-refractivity contribution in [3.05, 3.63) is 36.9 Å². The van der Waals surface area contributed by atoms with Crippen molar-refractivity contribution in [2.24, 2.45) is 5.92 Å². The number of hydrogen-bond donors (Lipinski definition) is 0. The van der Waals surface area contributed by atoms with Crippen molar-refractivity contribution in [2.45, 2.75) is 26.3 Å². The largest absolute Gasteiger partial charge is 0.465 e. The lowest BCUT2D eigenvalue weighted by Gasteiger charge is -2.19. The molecule has 0 aliphatic carbocycles. The van der Waals surface area contributed by atoms with Crippen LogP contribution in [-0.4, -0.2) is 40.1 Å². The lowest BCUT2D eigenvalue weighted by molar-refractivity contribution is -0.162. The summed E-state index contributed by atoms with van der Waals surface area (Å²) >= 11 is 0. The highest BCUT2D eigenvalue weighted by Gasteiger charge is 2.32. The molecule has 0 amide bonds. The van der Waals surface area contributed by atoms with Gasteiger partial charge in [-0.15, -0.1) is 11.7 Å². The van der Waals surface area contributed by atoms with Gasteiger partial charge in [-0.2, -0.15) is 0 Å². The van der Waals surface area contributed by atoms with E-state index in [0.29, 0.717) is 0 Å². The monoisotopic (exact) mass is 331 g/mol. The van der Waals surface area contributed by atoms with Crippen molar-refractivity contribution in [1.29, 1.82) is 0 Å². The summed E-state index contributed by atoms with van der Waals surface area (Å²) in [6.45, 7) is 7.56. The van der Waals surface area contributed by atoms with Gasteiger partial charge in [0.2, 0.25) is 0 Å². The zero-order valence-corrected chi connectivity index (χ0v) is 13.8. The van der Waals surface area contributed by atoms with Gasteiger partial charge in [0.1, 0.15) is 5.52 Å². The maximum absolute atomic E-state index is 12.1. The van der Waals surface area contributed by atoms with Crippen LogP contribution >= 0.6 is 0 Å². The first-order chi connectivity index (χ1) is 11.6.